The molecule has 0 N–H and O–H groups in total. The van der Waals surface area contributed by atoms with Crippen LogP contribution in [-0.4, -0.2) is 24.0 Å². The average Bonchev–Trinajstić information content (AvgIpc) is 3.33. The van der Waals surface area contributed by atoms with Gasteiger partial charge in [0.1, 0.15) is 0 Å². The summed E-state index contributed by atoms with van der Waals surface area (Å²) in [5, 5.41) is 0. The Bertz CT molecular complexity index is 270. The molecule has 1 aliphatic carbocycles. The summed E-state index contributed by atoms with van der Waals surface area (Å²) in [6, 6.07) is 0.911. The molecular weight excluding hydrogens is 278 g/mol. The molecule has 0 aromatic rings. The third kappa shape index (κ3) is 7.16. The zero-order chi connectivity index (χ0) is 16.4. The van der Waals surface area contributed by atoms with Crippen molar-refractivity contribution < 1.29 is 0 Å². The van der Waals surface area contributed by atoms with Crippen LogP contribution in [0.3, 0.4) is 0 Å². The van der Waals surface area contributed by atoms with E-state index in [-0.39, 0.29) is 0 Å². The predicted octanol–water partition coefficient (Wildman–Crippen LogP) is 6.95. The monoisotopic (exact) mass is 321 g/mol. The molecular formula is C22H43N. The van der Waals surface area contributed by atoms with Crippen LogP contribution in [0.25, 0.3) is 0 Å². The van der Waals surface area contributed by atoms with E-state index in [1.54, 1.807) is 12.8 Å². The fraction of sp³-hybridized carbons (Fsp3) is 1.00. The molecule has 0 aromatic heterocycles. The van der Waals surface area contributed by atoms with Gasteiger partial charge in [0.25, 0.3) is 0 Å². The molecule has 1 spiro atoms. The molecule has 1 heterocycles. The van der Waals surface area contributed by atoms with E-state index in [0.717, 1.165) is 11.5 Å². The van der Waals surface area contributed by atoms with Crippen molar-refractivity contribution in [1.29, 1.82) is 0 Å². The summed E-state index contributed by atoms with van der Waals surface area (Å²) in [6.07, 6.45) is 23.5. The van der Waals surface area contributed by atoms with Crippen molar-refractivity contribution >= 4 is 0 Å². The molecule has 1 aliphatic heterocycles. The zero-order valence-electron chi connectivity index (χ0n) is 16.3. The van der Waals surface area contributed by atoms with Gasteiger partial charge < -0.3 is 4.90 Å². The van der Waals surface area contributed by atoms with E-state index < -0.39 is 0 Å². The Morgan fingerprint density at radius 2 is 1.13 bits per heavy atom. The van der Waals surface area contributed by atoms with Crippen molar-refractivity contribution in [3.63, 3.8) is 0 Å². The van der Waals surface area contributed by atoms with E-state index in [1.807, 2.05) is 0 Å². The highest BCUT2D eigenvalue weighted by molar-refractivity contribution is 4.97. The molecule has 0 unspecified atom stereocenters. The lowest BCUT2D eigenvalue weighted by Gasteiger charge is -2.38. The van der Waals surface area contributed by atoms with Gasteiger partial charge in [-0.05, 0) is 57.0 Å². The third-order valence-electron chi connectivity index (χ3n) is 6.61. The lowest BCUT2D eigenvalue weighted by atomic mass is 9.90. The highest BCUT2D eigenvalue weighted by Crippen LogP contribution is 2.53. The van der Waals surface area contributed by atoms with Crippen LogP contribution in [0.5, 0.6) is 0 Å². The second kappa shape index (κ2) is 10.7. The molecule has 0 bridgehead atoms. The molecule has 0 aromatic carbocycles. The van der Waals surface area contributed by atoms with Crippen molar-refractivity contribution in [2.45, 2.75) is 123 Å². The Kier molecular flexibility index (Phi) is 9.01. The highest BCUT2D eigenvalue weighted by atomic mass is 15.2. The van der Waals surface area contributed by atoms with Crippen molar-refractivity contribution in [3.8, 4) is 0 Å². The maximum Gasteiger partial charge on any atom is 0.00952 e. The van der Waals surface area contributed by atoms with Gasteiger partial charge in [0, 0.05) is 6.04 Å². The van der Waals surface area contributed by atoms with Crippen LogP contribution in [-0.2, 0) is 0 Å². The summed E-state index contributed by atoms with van der Waals surface area (Å²) < 4.78 is 0. The third-order valence-corrected chi connectivity index (χ3v) is 6.61. The van der Waals surface area contributed by atoms with Crippen LogP contribution in [0.15, 0.2) is 0 Å². The minimum absolute atomic E-state index is 0.837. The Balaban J connectivity index is 1.67. The first-order valence-corrected chi connectivity index (χ1v) is 11.0. The van der Waals surface area contributed by atoms with Crippen LogP contribution in [0.4, 0.5) is 0 Å². The maximum absolute atomic E-state index is 2.89. The summed E-state index contributed by atoms with van der Waals surface area (Å²) in [4.78, 5) is 2.89. The van der Waals surface area contributed by atoms with Crippen molar-refractivity contribution in [1.82, 2.24) is 4.90 Å². The van der Waals surface area contributed by atoms with Gasteiger partial charge in [-0.1, -0.05) is 78.1 Å². The lowest BCUT2D eigenvalue weighted by molar-refractivity contribution is 0.108. The van der Waals surface area contributed by atoms with Crippen LogP contribution in [0, 0.1) is 5.41 Å². The average molecular weight is 322 g/mol. The minimum atomic E-state index is 0.837. The molecule has 0 amide bonds. The van der Waals surface area contributed by atoms with Crippen LogP contribution in [0.2, 0.25) is 0 Å². The summed E-state index contributed by atoms with van der Waals surface area (Å²) >= 11 is 0. The number of unbranched alkanes of at least 4 members (excludes halogenated alkanes) is 8. The molecule has 1 heteroatoms. The van der Waals surface area contributed by atoms with Gasteiger partial charge in [-0.15, -0.1) is 0 Å². The first-order valence-electron chi connectivity index (χ1n) is 11.0. The topological polar surface area (TPSA) is 3.24 Å². The molecule has 2 fully saturated rings. The number of hydrogen-bond donors (Lipinski definition) is 0. The summed E-state index contributed by atoms with van der Waals surface area (Å²) in [5.41, 5.74) is 0.837. The molecule has 1 saturated heterocycles. The molecule has 1 saturated carbocycles. The van der Waals surface area contributed by atoms with Gasteiger partial charge in [-0.3, -0.25) is 0 Å². The standard InChI is InChI=1S/C22H43N/c1-3-5-7-9-11-13-21(14-12-10-8-6-4-2)23-19-17-22(15-16-22)18-20-23/h21H,3-20H2,1-2H3. The number of nitrogens with zero attached hydrogens (tertiary/aromatic N) is 1. The SMILES string of the molecule is CCCCCCCC(CCCCCCC)N1CCC2(CC1)CC2. The Labute approximate surface area is 146 Å². The van der Waals surface area contributed by atoms with Gasteiger partial charge in [0.05, 0.1) is 0 Å². The molecule has 1 nitrogen and oxygen atoms in total. The second-order valence-electron chi connectivity index (χ2n) is 8.60. The summed E-state index contributed by atoms with van der Waals surface area (Å²) in [6.45, 7) is 7.46. The maximum atomic E-state index is 2.89. The van der Waals surface area contributed by atoms with Crippen molar-refractivity contribution in [2.75, 3.05) is 13.1 Å². The van der Waals surface area contributed by atoms with Crippen molar-refractivity contribution in [2.24, 2.45) is 5.41 Å². The minimum Gasteiger partial charge on any atom is -0.300 e. The molecule has 0 atom stereocenters. The number of hydrogen-bond acceptors (Lipinski definition) is 1. The first kappa shape index (κ1) is 19.3. The summed E-state index contributed by atoms with van der Waals surface area (Å²) in [7, 11) is 0. The fourth-order valence-electron chi connectivity index (χ4n) is 4.52. The van der Waals surface area contributed by atoms with E-state index in [0.29, 0.717) is 0 Å². The smallest absolute Gasteiger partial charge is 0.00952 e. The predicted molar refractivity (Wildman–Crippen MR) is 103 cm³/mol. The largest absolute Gasteiger partial charge is 0.300 e. The van der Waals surface area contributed by atoms with E-state index in [1.165, 1.54) is 103 Å². The van der Waals surface area contributed by atoms with E-state index in [4.69, 9.17) is 0 Å². The molecule has 23 heavy (non-hydrogen) atoms. The van der Waals surface area contributed by atoms with Gasteiger partial charge in [0.15, 0.2) is 0 Å². The van der Waals surface area contributed by atoms with Crippen LogP contribution in [0.1, 0.15) is 117 Å². The summed E-state index contributed by atoms with van der Waals surface area (Å²) in [5.74, 6) is 0. The Morgan fingerprint density at radius 3 is 1.57 bits per heavy atom. The highest BCUT2D eigenvalue weighted by Gasteiger charge is 2.44. The first-order chi connectivity index (χ1) is 11.3. The van der Waals surface area contributed by atoms with Crippen molar-refractivity contribution in [3.05, 3.63) is 0 Å². The van der Waals surface area contributed by atoms with Gasteiger partial charge in [0.2, 0.25) is 0 Å². The van der Waals surface area contributed by atoms with Crippen LogP contribution >= 0.6 is 0 Å². The number of piperidine rings is 1. The molecule has 0 radical (unpaired) electrons. The van der Waals surface area contributed by atoms with Crippen LogP contribution < -0.4 is 0 Å². The molecule has 136 valence electrons. The fourth-order valence-corrected chi connectivity index (χ4v) is 4.52. The van der Waals surface area contributed by atoms with E-state index in [9.17, 15) is 0 Å². The van der Waals surface area contributed by atoms with E-state index >= 15 is 0 Å². The van der Waals surface area contributed by atoms with E-state index in [2.05, 4.69) is 18.7 Å². The quantitative estimate of drug-likeness (QED) is 0.332. The molecule has 2 aliphatic rings. The zero-order valence-corrected chi connectivity index (χ0v) is 16.3. The Hall–Kier alpha value is -0.0400. The number of rotatable bonds is 13. The normalized spacial score (nSPS) is 20.5. The van der Waals surface area contributed by atoms with Gasteiger partial charge in [-0.25, -0.2) is 0 Å². The Morgan fingerprint density at radius 1 is 0.652 bits per heavy atom. The van der Waals surface area contributed by atoms with Gasteiger partial charge in [-0.2, -0.15) is 0 Å². The van der Waals surface area contributed by atoms with Gasteiger partial charge >= 0.3 is 0 Å². The lowest BCUT2D eigenvalue weighted by Crippen LogP contribution is -2.42. The number of likely N-dealkylation sites (tertiary alicyclic amines) is 1. The molecule has 2 rings (SSSR count). The second-order valence-corrected chi connectivity index (χ2v) is 8.60.